The van der Waals surface area contributed by atoms with E-state index in [1.807, 2.05) is 0 Å². The molecular weight excluding hydrogens is 148 g/mol. The first-order valence-corrected chi connectivity index (χ1v) is 5.25. The number of nitrogens with zero attached hydrogens (tertiary/aromatic N) is 1. The van der Waals surface area contributed by atoms with Crippen LogP contribution in [-0.2, 0) is 0 Å². The maximum atomic E-state index is 3.49. The molecule has 12 heavy (non-hydrogen) atoms. The van der Waals surface area contributed by atoms with Crippen molar-refractivity contribution in [2.24, 2.45) is 0 Å². The maximum absolute atomic E-state index is 3.49. The summed E-state index contributed by atoms with van der Waals surface area (Å²) in [5.74, 6) is 0. The van der Waals surface area contributed by atoms with Crippen LogP contribution in [0.3, 0.4) is 0 Å². The van der Waals surface area contributed by atoms with E-state index in [0.717, 1.165) is 0 Å². The fraction of sp³-hybridized carbons (Fsp3) is 1.00. The fourth-order valence-corrected chi connectivity index (χ4v) is 2.40. The molecule has 2 fully saturated rings. The summed E-state index contributed by atoms with van der Waals surface area (Å²) in [5.41, 5.74) is 0.635. The van der Waals surface area contributed by atoms with Crippen LogP contribution in [-0.4, -0.2) is 36.1 Å². The quantitative estimate of drug-likeness (QED) is 0.667. The molecule has 1 saturated carbocycles. The minimum absolute atomic E-state index is 0.635. The molecule has 2 aliphatic rings. The van der Waals surface area contributed by atoms with Crippen LogP contribution in [0.25, 0.3) is 0 Å². The van der Waals surface area contributed by atoms with Crippen molar-refractivity contribution < 1.29 is 0 Å². The van der Waals surface area contributed by atoms with E-state index in [4.69, 9.17) is 0 Å². The van der Waals surface area contributed by atoms with E-state index in [2.05, 4.69) is 24.1 Å². The normalized spacial score (nSPS) is 35.0. The third-order valence-corrected chi connectivity index (χ3v) is 3.52. The predicted molar refractivity (Wildman–Crippen MR) is 51.3 cm³/mol. The van der Waals surface area contributed by atoms with Gasteiger partial charge in [-0.05, 0) is 26.2 Å². The van der Waals surface area contributed by atoms with E-state index >= 15 is 0 Å². The molecule has 0 bridgehead atoms. The highest BCUT2D eigenvalue weighted by Gasteiger charge is 2.46. The van der Waals surface area contributed by atoms with Gasteiger partial charge >= 0.3 is 0 Å². The van der Waals surface area contributed by atoms with Gasteiger partial charge < -0.3 is 5.32 Å². The second-order valence-corrected chi connectivity index (χ2v) is 4.38. The van der Waals surface area contributed by atoms with Gasteiger partial charge in [-0.1, -0.05) is 6.92 Å². The van der Waals surface area contributed by atoms with Crippen LogP contribution in [0.15, 0.2) is 0 Å². The molecule has 2 heteroatoms. The van der Waals surface area contributed by atoms with E-state index in [-0.39, 0.29) is 0 Å². The number of hydrogen-bond donors (Lipinski definition) is 1. The molecule has 1 unspecified atom stereocenters. The van der Waals surface area contributed by atoms with Crippen molar-refractivity contribution in [1.82, 2.24) is 10.2 Å². The third kappa shape index (κ3) is 1.38. The Balaban J connectivity index is 1.94. The molecule has 0 radical (unpaired) electrons. The van der Waals surface area contributed by atoms with Crippen molar-refractivity contribution >= 4 is 0 Å². The van der Waals surface area contributed by atoms with Crippen molar-refractivity contribution in [3.8, 4) is 0 Å². The van der Waals surface area contributed by atoms with Crippen molar-refractivity contribution in [3.63, 3.8) is 0 Å². The highest BCUT2D eigenvalue weighted by Crippen LogP contribution is 2.44. The monoisotopic (exact) mass is 168 g/mol. The lowest BCUT2D eigenvalue weighted by atomic mass is 10.1. The lowest BCUT2D eigenvalue weighted by Gasteiger charge is -2.38. The van der Waals surface area contributed by atoms with Gasteiger partial charge in [0.1, 0.15) is 0 Å². The van der Waals surface area contributed by atoms with Gasteiger partial charge in [0.2, 0.25) is 0 Å². The average molecular weight is 168 g/mol. The lowest BCUT2D eigenvalue weighted by molar-refractivity contribution is 0.128. The van der Waals surface area contributed by atoms with E-state index in [0.29, 0.717) is 11.6 Å². The molecule has 2 nitrogen and oxygen atoms in total. The predicted octanol–water partition coefficient (Wildman–Crippen LogP) is 1.22. The maximum Gasteiger partial charge on any atom is 0.0209 e. The summed E-state index contributed by atoms with van der Waals surface area (Å²) in [6, 6.07) is 0.697. The third-order valence-electron chi connectivity index (χ3n) is 3.52. The van der Waals surface area contributed by atoms with Gasteiger partial charge in [-0.15, -0.1) is 0 Å². The van der Waals surface area contributed by atoms with E-state index in [9.17, 15) is 0 Å². The summed E-state index contributed by atoms with van der Waals surface area (Å²) in [6.45, 7) is 8.33. The van der Waals surface area contributed by atoms with Gasteiger partial charge in [0.15, 0.2) is 0 Å². The highest BCUT2D eigenvalue weighted by molar-refractivity contribution is 5.04. The molecule has 0 spiro atoms. The van der Waals surface area contributed by atoms with Crippen molar-refractivity contribution in [2.45, 2.75) is 44.7 Å². The molecule has 70 valence electrons. The van der Waals surface area contributed by atoms with Crippen molar-refractivity contribution in [1.29, 1.82) is 0 Å². The molecular formula is C10H20N2. The standard InChI is InChI=1S/C10H20N2/c1-3-10(4-5-10)12-7-6-11-9(2)8-12/h9,11H,3-8H2,1-2H3. The SMILES string of the molecule is CCC1(N2CCNC(C)C2)CC1. The van der Waals surface area contributed by atoms with Crippen molar-refractivity contribution in [2.75, 3.05) is 19.6 Å². The fourth-order valence-electron chi connectivity index (χ4n) is 2.40. The first-order valence-electron chi connectivity index (χ1n) is 5.25. The second kappa shape index (κ2) is 3.00. The minimum Gasteiger partial charge on any atom is -0.312 e. The van der Waals surface area contributed by atoms with Gasteiger partial charge in [0.25, 0.3) is 0 Å². The Kier molecular flexibility index (Phi) is 2.13. The van der Waals surface area contributed by atoms with Gasteiger partial charge in [-0.25, -0.2) is 0 Å². The van der Waals surface area contributed by atoms with E-state index in [1.165, 1.54) is 38.9 Å². The highest BCUT2D eigenvalue weighted by atomic mass is 15.3. The van der Waals surface area contributed by atoms with Crippen LogP contribution in [0, 0.1) is 0 Å². The van der Waals surface area contributed by atoms with E-state index in [1.54, 1.807) is 0 Å². The number of hydrogen-bond acceptors (Lipinski definition) is 2. The van der Waals surface area contributed by atoms with Gasteiger partial charge in [-0.3, -0.25) is 4.90 Å². The smallest absolute Gasteiger partial charge is 0.0209 e. The van der Waals surface area contributed by atoms with Crippen LogP contribution in [0.5, 0.6) is 0 Å². The summed E-state index contributed by atoms with van der Waals surface area (Å²) in [4.78, 5) is 2.70. The molecule has 1 aliphatic carbocycles. The van der Waals surface area contributed by atoms with Crippen LogP contribution in [0.2, 0.25) is 0 Å². The van der Waals surface area contributed by atoms with Crippen LogP contribution >= 0.6 is 0 Å². The zero-order chi connectivity index (χ0) is 8.60. The van der Waals surface area contributed by atoms with Crippen LogP contribution < -0.4 is 5.32 Å². The van der Waals surface area contributed by atoms with Gasteiger partial charge in [0, 0.05) is 31.2 Å². The van der Waals surface area contributed by atoms with Gasteiger partial charge in [-0.2, -0.15) is 0 Å². The molecule has 0 aromatic carbocycles. The van der Waals surface area contributed by atoms with E-state index < -0.39 is 0 Å². The lowest BCUT2D eigenvalue weighted by Crippen LogP contribution is -2.53. The molecule has 1 aliphatic heterocycles. The molecule has 0 aromatic heterocycles. The Morgan fingerprint density at radius 2 is 2.25 bits per heavy atom. The first-order chi connectivity index (χ1) is 5.77. The zero-order valence-corrected chi connectivity index (χ0v) is 8.27. The van der Waals surface area contributed by atoms with Crippen molar-refractivity contribution in [3.05, 3.63) is 0 Å². The number of nitrogens with one attached hydrogen (secondary N) is 1. The Labute approximate surface area is 75.3 Å². The molecule has 1 atom stereocenters. The van der Waals surface area contributed by atoms with Crippen LogP contribution in [0.4, 0.5) is 0 Å². The second-order valence-electron chi connectivity index (χ2n) is 4.38. The summed E-state index contributed by atoms with van der Waals surface area (Å²) >= 11 is 0. The summed E-state index contributed by atoms with van der Waals surface area (Å²) < 4.78 is 0. The van der Waals surface area contributed by atoms with Gasteiger partial charge in [0.05, 0.1) is 0 Å². The number of rotatable bonds is 2. The zero-order valence-electron chi connectivity index (χ0n) is 8.27. The Hall–Kier alpha value is -0.0800. The van der Waals surface area contributed by atoms with Crippen LogP contribution in [0.1, 0.15) is 33.1 Å². The average Bonchev–Trinajstić information content (AvgIpc) is 2.84. The Morgan fingerprint density at radius 3 is 2.75 bits per heavy atom. The summed E-state index contributed by atoms with van der Waals surface area (Å²) in [7, 11) is 0. The Morgan fingerprint density at radius 1 is 1.50 bits per heavy atom. The molecule has 2 rings (SSSR count). The topological polar surface area (TPSA) is 15.3 Å². The Bertz CT molecular complexity index is 163. The first kappa shape index (κ1) is 8.52. The molecule has 1 saturated heterocycles. The molecule has 1 heterocycles. The molecule has 0 amide bonds. The molecule has 0 aromatic rings. The summed E-state index contributed by atoms with van der Waals surface area (Å²) in [6.07, 6.45) is 4.23. The minimum atomic E-state index is 0.635. The molecule has 1 N–H and O–H groups in total. The number of piperazine rings is 1. The largest absolute Gasteiger partial charge is 0.312 e. The summed E-state index contributed by atoms with van der Waals surface area (Å²) in [5, 5.41) is 3.49.